The summed E-state index contributed by atoms with van der Waals surface area (Å²) in [5.41, 5.74) is 2.49. The van der Waals surface area contributed by atoms with Crippen LogP contribution in [-0.2, 0) is 4.79 Å². The van der Waals surface area contributed by atoms with E-state index in [0.717, 1.165) is 11.1 Å². The Morgan fingerprint density at radius 3 is 2.56 bits per heavy atom. The summed E-state index contributed by atoms with van der Waals surface area (Å²) in [5.74, 6) is -0.0508. The number of aliphatic imine (C=N–C) groups is 1. The van der Waals surface area contributed by atoms with Crippen LogP contribution in [0, 0.1) is 6.92 Å². The zero-order chi connectivity index (χ0) is 18.1. The van der Waals surface area contributed by atoms with E-state index in [9.17, 15) is 9.90 Å². The molecule has 7 heteroatoms. The number of amides is 1. The quantitative estimate of drug-likeness (QED) is 0.603. The molecule has 4 nitrogen and oxygen atoms in total. The fourth-order valence-electron chi connectivity index (χ4n) is 2.26. The molecular formula is C18H13Br2NO3S. The first-order valence-electron chi connectivity index (χ1n) is 7.25. The van der Waals surface area contributed by atoms with Crippen LogP contribution in [0.1, 0.15) is 16.7 Å². The molecule has 1 N–H and O–H groups in total. The molecule has 25 heavy (non-hydrogen) atoms. The van der Waals surface area contributed by atoms with Gasteiger partial charge in [-0.1, -0.05) is 41.6 Å². The number of methoxy groups -OCH3 is 1. The molecule has 0 aromatic heterocycles. The van der Waals surface area contributed by atoms with Crippen molar-refractivity contribution in [1.82, 2.24) is 0 Å². The summed E-state index contributed by atoms with van der Waals surface area (Å²) in [4.78, 5) is 16.8. The summed E-state index contributed by atoms with van der Waals surface area (Å²) >= 11 is 8.11. The van der Waals surface area contributed by atoms with Crippen molar-refractivity contribution in [2.75, 3.05) is 7.11 Å². The molecule has 0 aliphatic carbocycles. The summed E-state index contributed by atoms with van der Waals surface area (Å²) < 4.78 is 6.51. The number of aromatic hydroxyl groups is 1. The second-order valence-electron chi connectivity index (χ2n) is 5.34. The molecule has 0 bridgehead atoms. The predicted molar refractivity (Wildman–Crippen MR) is 108 cm³/mol. The Morgan fingerprint density at radius 2 is 1.92 bits per heavy atom. The number of nitrogens with zero attached hydrogens (tertiary/aromatic N) is 1. The first-order valence-corrected chi connectivity index (χ1v) is 9.65. The average molecular weight is 483 g/mol. The van der Waals surface area contributed by atoms with Crippen molar-refractivity contribution in [3.05, 3.63) is 60.9 Å². The Labute approximate surface area is 166 Å². The monoisotopic (exact) mass is 481 g/mol. The molecule has 0 saturated carbocycles. The minimum atomic E-state index is -0.328. The Hall–Kier alpha value is -1.57. The largest absolute Gasteiger partial charge is 0.504 e. The minimum Gasteiger partial charge on any atom is -0.504 e. The molecule has 3 rings (SSSR count). The molecule has 0 fully saturated rings. The van der Waals surface area contributed by atoms with Crippen molar-refractivity contribution in [2.45, 2.75) is 6.92 Å². The second kappa shape index (κ2) is 7.35. The van der Waals surface area contributed by atoms with E-state index in [1.54, 1.807) is 12.1 Å². The van der Waals surface area contributed by atoms with E-state index >= 15 is 0 Å². The maximum absolute atomic E-state index is 12.3. The van der Waals surface area contributed by atoms with Crippen LogP contribution < -0.4 is 4.74 Å². The molecule has 0 atom stereocenters. The maximum Gasteiger partial charge on any atom is 0.284 e. The molecule has 1 aliphatic rings. The predicted octanol–water partition coefficient (Wildman–Crippen LogP) is 5.30. The fraction of sp³-hybridized carbons (Fsp3) is 0.111. The van der Waals surface area contributed by atoms with Crippen LogP contribution in [0.3, 0.4) is 0 Å². The van der Waals surface area contributed by atoms with Gasteiger partial charge in [0, 0.05) is 20.1 Å². The van der Waals surface area contributed by atoms with Crippen molar-refractivity contribution in [1.29, 1.82) is 0 Å². The number of ether oxygens (including phenoxy) is 1. The number of halogens is 2. The number of hydrogen-bond donors (Lipinski definition) is 1. The number of carbonyl (C=O) groups excluding carboxylic acids is 1. The zero-order valence-corrected chi connectivity index (χ0v) is 17.3. The van der Waals surface area contributed by atoms with Gasteiger partial charge in [0.05, 0.1) is 12.0 Å². The molecule has 2 aromatic rings. The number of aryl methyl sites for hydroxylation is 1. The third-order valence-corrected chi connectivity index (χ3v) is 6.65. The molecule has 0 unspecified atom stereocenters. The van der Waals surface area contributed by atoms with Gasteiger partial charge >= 0.3 is 0 Å². The number of rotatable bonds is 3. The van der Waals surface area contributed by atoms with E-state index < -0.39 is 0 Å². The summed E-state index contributed by atoms with van der Waals surface area (Å²) in [6.07, 6.45) is 1.62. The molecule has 1 amide bonds. The third kappa shape index (κ3) is 3.68. The summed E-state index contributed by atoms with van der Waals surface area (Å²) in [6.45, 7) is 2.00. The van der Waals surface area contributed by atoms with Gasteiger partial charge in [-0.15, -0.1) is 0 Å². The molecule has 0 saturated heterocycles. The van der Waals surface area contributed by atoms with Gasteiger partial charge in [0.2, 0.25) is 0 Å². The Balaban J connectivity index is 1.98. The maximum atomic E-state index is 12.3. The number of hydrogen-bond acceptors (Lipinski definition) is 4. The van der Waals surface area contributed by atoms with Crippen molar-refractivity contribution in [2.24, 2.45) is 4.99 Å². The molecule has 1 aliphatic heterocycles. The third-order valence-electron chi connectivity index (χ3n) is 3.61. The number of phenolic OH excluding ortho intramolecular Hbond substituents is 1. The lowest BCUT2D eigenvalue weighted by atomic mass is 10.1. The SMILES string of the molecule is COc1cc(Br)c(Br)c(C=C2SC(c3ccc(C)cc3)=NC2=O)c1O. The first-order chi connectivity index (χ1) is 11.9. The van der Waals surface area contributed by atoms with Crippen LogP contribution in [0.25, 0.3) is 6.08 Å². The Bertz CT molecular complexity index is 921. The van der Waals surface area contributed by atoms with Crippen LogP contribution in [0.4, 0.5) is 0 Å². The highest BCUT2D eigenvalue weighted by atomic mass is 79.9. The van der Waals surface area contributed by atoms with Crippen molar-refractivity contribution in [3.8, 4) is 11.5 Å². The highest BCUT2D eigenvalue weighted by Gasteiger charge is 2.24. The van der Waals surface area contributed by atoms with Crippen molar-refractivity contribution in [3.63, 3.8) is 0 Å². The van der Waals surface area contributed by atoms with E-state index in [4.69, 9.17) is 4.74 Å². The van der Waals surface area contributed by atoms with Crippen LogP contribution in [0.15, 0.2) is 49.2 Å². The van der Waals surface area contributed by atoms with E-state index in [-0.39, 0.29) is 11.7 Å². The minimum absolute atomic E-state index is 0.0396. The van der Waals surface area contributed by atoms with Crippen LogP contribution in [-0.4, -0.2) is 23.2 Å². The molecule has 0 radical (unpaired) electrons. The van der Waals surface area contributed by atoms with Crippen molar-refractivity contribution < 1.29 is 14.6 Å². The van der Waals surface area contributed by atoms with Gasteiger partial charge in [-0.2, -0.15) is 0 Å². The second-order valence-corrected chi connectivity index (χ2v) is 8.01. The van der Waals surface area contributed by atoms with E-state index in [2.05, 4.69) is 36.9 Å². The van der Waals surface area contributed by atoms with Gasteiger partial charge in [-0.25, -0.2) is 4.99 Å². The topological polar surface area (TPSA) is 58.9 Å². The lowest BCUT2D eigenvalue weighted by molar-refractivity contribution is -0.113. The van der Waals surface area contributed by atoms with Crippen LogP contribution in [0.5, 0.6) is 11.5 Å². The molecule has 1 heterocycles. The molecular weight excluding hydrogens is 470 g/mol. The van der Waals surface area contributed by atoms with Gasteiger partial charge in [-0.05, 0) is 50.9 Å². The van der Waals surface area contributed by atoms with Crippen LogP contribution in [0.2, 0.25) is 0 Å². The smallest absolute Gasteiger partial charge is 0.284 e. The lowest BCUT2D eigenvalue weighted by Gasteiger charge is -2.10. The number of thioether (sulfide) groups is 1. The molecule has 128 valence electrons. The molecule has 2 aromatic carbocycles. The normalized spacial score (nSPS) is 15.6. The number of carbonyl (C=O) groups is 1. The standard InChI is InChI=1S/C18H13Br2NO3S/c1-9-3-5-10(6-4-9)18-21-17(23)14(25-18)7-11-15(20)12(19)8-13(24-2)16(11)22/h3-8,22H,1-2H3. The van der Waals surface area contributed by atoms with Gasteiger partial charge in [-0.3, -0.25) is 4.79 Å². The van der Waals surface area contributed by atoms with Gasteiger partial charge in [0.1, 0.15) is 5.04 Å². The van der Waals surface area contributed by atoms with Crippen LogP contribution >= 0.6 is 43.6 Å². The van der Waals surface area contributed by atoms with E-state index in [1.165, 1.54) is 18.9 Å². The number of benzene rings is 2. The highest BCUT2D eigenvalue weighted by Crippen LogP contribution is 2.43. The lowest BCUT2D eigenvalue weighted by Crippen LogP contribution is -1.92. The number of phenols is 1. The van der Waals surface area contributed by atoms with E-state index in [1.807, 2.05) is 31.2 Å². The first kappa shape index (κ1) is 18.2. The average Bonchev–Trinajstić information content (AvgIpc) is 2.96. The molecule has 0 spiro atoms. The van der Waals surface area contributed by atoms with Gasteiger partial charge < -0.3 is 9.84 Å². The Morgan fingerprint density at radius 1 is 1.24 bits per heavy atom. The zero-order valence-electron chi connectivity index (χ0n) is 13.3. The summed E-state index contributed by atoms with van der Waals surface area (Å²) in [5, 5.41) is 11.0. The fourth-order valence-corrected chi connectivity index (χ4v) is 4.00. The van der Waals surface area contributed by atoms with E-state index in [0.29, 0.717) is 30.2 Å². The van der Waals surface area contributed by atoms with Crippen molar-refractivity contribution >= 4 is 60.6 Å². The summed E-state index contributed by atoms with van der Waals surface area (Å²) in [7, 11) is 1.47. The summed E-state index contributed by atoms with van der Waals surface area (Å²) in [6, 6.07) is 9.48. The highest BCUT2D eigenvalue weighted by molar-refractivity contribution is 9.13. The van der Waals surface area contributed by atoms with Gasteiger partial charge in [0.25, 0.3) is 5.91 Å². The van der Waals surface area contributed by atoms with Gasteiger partial charge in [0.15, 0.2) is 11.5 Å². The Kier molecular flexibility index (Phi) is 5.36.